The van der Waals surface area contributed by atoms with Crippen molar-refractivity contribution >= 4 is 5.78 Å². The number of allylic oxidation sites excluding steroid dienone is 1. The van der Waals surface area contributed by atoms with Crippen molar-refractivity contribution in [2.75, 3.05) is 13.1 Å². The zero-order valence-electron chi connectivity index (χ0n) is 13.6. The summed E-state index contributed by atoms with van der Waals surface area (Å²) in [6.45, 7) is 1.82. The van der Waals surface area contributed by atoms with Crippen molar-refractivity contribution in [2.24, 2.45) is 0 Å². The van der Waals surface area contributed by atoms with Gasteiger partial charge in [0.1, 0.15) is 5.76 Å². The Bertz CT molecular complexity index is 771. The Morgan fingerprint density at radius 2 is 1.76 bits per heavy atom. The molecule has 0 atom stereocenters. The summed E-state index contributed by atoms with van der Waals surface area (Å²) >= 11 is 0. The number of likely N-dealkylation sites (tertiary alicyclic amines) is 1. The number of carbonyl (C=O) groups is 1. The number of hydrogen-bond acceptors (Lipinski definition) is 3. The highest BCUT2D eigenvalue weighted by Gasteiger charge is 2.34. The molecule has 0 N–H and O–H groups in total. The van der Waals surface area contributed by atoms with E-state index in [1.54, 1.807) is 6.20 Å². The van der Waals surface area contributed by atoms with E-state index in [1.165, 1.54) is 42.8 Å². The molecule has 1 saturated heterocycles. The largest absolute Gasteiger partial charge is 0.453 e. The molecule has 0 radical (unpaired) electrons. The number of ketones is 1. The van der Waals surface area contributed by atoms with Crippen LogP contribution in [0.1, 0.15) is 35.4 Å². The molecule has 132 valence electrons. The number of alkyl halides is 3. The van der Waals surface area contributed by atoms with E-state index in [1.807, 2.05) is 0 Å². The van der Waals surface area contributed by atoms with Crippen molar-refractivity contribution in [3.05, 3.63) is 60.0 Å². The quantitative estimate of drug-likeness (QED) is 0.565. The molecular weight excluding hydrogens is 331 g/mol. The number of piperidine rings is 1. The Kier molecular flexibility index (Phi) is 4.97. The number of benzene rings is 1. The standard InChI is InChI=1S/C19H18F3NO2/c20-19(21,22)15-7-3-2-6-14(15)17-8-9-18(25-17)16(24)10-13-23-11-4-1-5-12-23/h2-3,6-10,13H,1,4-5,11-12H2. The van der Waals surface area contributed by atoms with Gasteiger partial charge in [0, 0.05) is 30.9 Å². The van der Waals surface area contributed by atoms with Gasteiger partial charge in [-0.05, 0) is 37.5 Å². The van der Waals surface area contributed by atoms with Crippen LogP contribution in [0.15, 0.2) is 53.1 Å². The van der Waals surface area contributed by atoms with Gasteiger partial charge in [0.15, 0.2) is 5.76 Å². The van der Waals surface area contributed by atoms with Crippen molar-refractivity contribution in [1.29, 1.82) is 0 Å². The molecular formula is C19H18F3NO2. The van der Waals surface area contributed by atoms with Crippen LogP contribution in [0.2, 0.25) is 0 Å². The molecule has 6 heteroatoms. The summed E-state index contributed by atoms with van der Waals surface area (Å²) in [6.07, 6.45) is 2.03. The lowest BCUT2D eigenvalue weighted by atomic mass is 10.1. The van der Waals surface area contributed by atoms with Crippen LogP contribution in [0.25, 0.3) is 11.3 Å². The first-order chi connectivity index (χ1) is 11.9. The van der Waals surface area contributed by atoms with Crippen molar-refractivity contribution in [3.63, 3.8) is 0 Å². The fraction of sp³-hybridized carbons (Fsp3) is 0.316. The summed E-state index contributed by atoms with van der Waals surface area (Å²) < 4.78 is 44.7. The molecule has 1 aliphatic rings. The molecule has 0 unspecified atom stereocenters. The van der Waals surface area contributed by atoms with Crippen LogP contribution in [0.4, 0.5) is 13.2 Å². The topological polar surface area (TPSA) is 33.5 Å². The number of hydrogen-bond donors (Lipinski definition) is 0. The average molecular weight is 349 g/mol. The zero-order chi connectivity index (χ0) is 17.9. The number of halogens is 3. The van der Waals surface area contributed by atoms with Gasteiger partial charge in [0.25, 0.3) is 0 Å². The minimum absolute atomic E-state index is 0.0280. The molecule has 1 aliphatic heterocycles. The van der Waals surface area contributed by atoms with Crippen LogP contribution in [0.5, 0.6) is 0 Å². The van der Waals surface area contributed by atoms with Crippen molar-refractivity contribution in [2.45, 2.75) is 25.4 Å². The Hall–Kier alpha value is -2.50. The summed E-state index contributed by atoms with van der Waals surface area (Å²) in [4.78, 5) is 14.2. The molecule has 0 aliphatic carbocycles. The molecule has 3 rings (SSSR count). The van der Waals surface area contributed by atoms with Crippen LogP contribution < -0.4 is 0 Å². The van der Waals surface area contributed by atoms with E-state index in [4.69, 9.17) is 4.42 Å². The predicted octanol–water partition coefficient (Wildman–Crippen LogP) is 5.15. The normalized spacial score (nSPS) is 15.7. The Labute approximate surface area is 143 Å². The van der Waals surface area contributed by atoms with Crippen molar-refractivity contribution in [1.82, 2.24) is 4.90 Å². The van der Waals surface area contributed by atoms with Gasteiger partial charge in [-0.15, -0.1) is 0 Å². The summed E-state index contributed by atoms with van der Waals surface area (Å²) in [5.74, 6) is -0.302. The molecule has 1 aromatic heterocycles. The first-order valence-electron chi connectivity index (χ1n) is 8.18. The van der Waals surface area contributed by atoms with E-state index >= 15 is 0 Å². The van der Waals surface area contributed by atoms with Gasteiger partial charge in [0.05, 0.1) is 5.56 Å². The molecule has 1 aromatic carbocycles. The van der Waals surface area contributed by atoms with Gasteiger partial charge in [0.2, 0.25) is 5.78 Å². The van der Waals surface area contributed by atoms with E-state index in [0.29, 0.717) is 0 Å². The van der Waals surface area contributed by atoms with Crippen LogP contribution in [0.3, 0.4) is 0 Å². The van der Waals surface area contributed by atoms with E-state index < -0.39 is 11.7 Å². The summed E-state index contributed by atoms with van der Waals surface area (Å²) in [5.41, 5.74) is -0.860. The molecule has 2 heterocycles. The number of nitrogens with zero attached hydrogens (tertiary/aromatic N) is 1. The Morgan fingerprint density at radius 3 is 2.48 bits per heavy atom. The van der Waals surface area contributed by atoms with Gasteiger partial charge in [-0.2, -0.15) is 13.2 Å². The first kappa shape index (κ1) is 17.3. The van der Waals surface area contributed by atoms with Crippen LogP contribution >= 0.6 is 0 Å². The van der Waals surface area contributed by atoms with E-state index in [-0.39, 0.29) is 22.9 Å². The third-order valence-corrected chi connectivity index (χ3v) is 4.17. The highest BCUT2D eigenvalue weighted by molar-refractivity contribution is 6.02. The summed E-state index contributed by atoms with van der Waals surface area (Å²) in [7, 11) is 0. The van der Waals surface area contributed by atoms with Crippen molar-refractivity contribution < 1.29 is 22.4 Å². The Morgan fingerprint density at radius 1 is 1.04 bits per heavy atom. The predicted molar refractivity (Wildman–Crippen MR) is 88.0 cm³/mol. The monoisotopic (exact) mass is 349 g/mol. The molecule has 2 aromatic rings. The first-order valence-corrected chi connectivity index (χ1v) is 8.18. The molecule has 3 nitrogen and oxygen atoms in total. The van der Waals surface area contributed by atoms with Crippen LogP contribution in [0, 0.1) is 0 Å². The van der Waals surface area contributed by atoms with Gasteiger partial charge >= 0.3 is 6.18 Å². The third kappa shape index (κ3) is 4.13. The average Bonchev–Trinajstić information content (AvgIpc) is 3.10. The summed E-state index contributed by atoms with van der Waals surface area (Å²) in [6, 6.07) is 7.96. The van der Waals surface area contributed by atoms with Gasteiger partial charge < -0.3 is 9.32 Å². The molecule has 0 spiro atoms. The number of furan rings is 1. The second-order valence-electron chi connectivity index (χ2n) is 5.98. The molecule has 0 amide bonds. The third-order valence-electron chi connectivity index (χ3n) is 4.17. The summed E-state index contributed by atoms with van der Waals surface area (Å²) in [5, 5.41) is 0. The second-order valence-corrected chi connectivity index (χ2v) is 5.98. The van der Waals surface area contributed by atoms with E-state index in [9.17, 15) is 18.0 Å². The van der Waals surface area contributed by atoms with Crippen LogP contribution in [-0.2, 0) is 6.18 Å². The molecule has 1 fully saturated rings. The maximum Gasteiger partial charge on any atom is 0.417 e. The van der Waals surface area contributed by atoms with Gasteiger partial charge in [-0.25, -0.2) is 0 Å². The molecule has 0 bridgehead atoms. The highest BCUT2D eigenvalue weighted by Crippen LogP contribution is 2.37. The molecule has 25 heavy (non-hydrogen) atoms. The second kappa shape index (κ2) is 7.17. The van der Waals surface area contributed by atoms with Crippen LogP contribution in [-0.4, -0.2) is 23.8 Å². The lowest BCUT2D eigenvalue weighted by molar-refractivity contribution is -0.137. The van der Waals surface area contributed by atoms with Crippen molar-refractivity contribution in [3.8, 4) is 11.3 Å². The fourth-order valence-corrected chi connectivity index (χ4v) is 2.88. The van der Waals surface area contributed by atoms with E-state index in [2.05, 4.69) is 4.90 Å². The minimum Gasteiger partial charge on any atom is -0.453 e. The minimum atomic E-state index is -4.48. The maximum atomic E-state index is 13.1. The Balaban J connectivity index is 1.79. The van der Waals surface area contributed by atoms with Gasteiger partial charge in [-0.1, -0.05) is 18.2 Å². The highest BCUT2D eigenvalue weighted by atomic mass is 19.4. The smallest absolute Gasteiger partial charge is 0.417 e. The number of rotatable bonds is 4. The van der Waals surface area contributed by atoms with Gasteiger partial charge in [-0.3, -0.25) is 4.79 Å². The SMILES string of the molecule is O=C(C=CN1CCCCC1)c1ccc(-c2ccccc2C(F)(F)F)o1. The molecule has 0 saturated carbocycles. The number of carbonyl (C=O) groups excluding carboxylic acids is 1. The fourth-order valence-electron chi connectivity index (χ4n) is 2.88. The zero-order valence-corrected chi connectivity index (χ0v) is 13.6. The maximum absolute atomic E-state index is 13.1. The van der Waals surface area contributed by atoms with E-state index in [0.717, 1.165) is 32.0 Å². The lowest BCUT2D eigenvalue weighted by Crippen LogP contribution is -2.24. The lowest BCUT2D eigenvalue weighted by Gasteiger charge is -2.24.